The van der Waals surface area contributed by atoms with Gasteiger partial charge in [-0.2, -0.15) is 0 Å². The predicted octanol–water partition coefficient (Wildman–Crippen LogP) is 3.96. The van der Waals surface area contributed by atoms with E-state index >= 15 is 0 Å². The molecule has 0 saturated heterocycles. The summed E-state index contributed by atoms with van der Waals surface area (Å²) in [4.78, 5) is 10.3. The number of carboxylic acids is 1. The maximum Gasteiger partial charge on any atom is 0.328 e. The highest BCUT2D eigenvalue weighted by Gasteiger charge is 2.05. The Hall–Kier alpha value is -0.320. The normalized spacial score (nSPS) is 10.8. The summed E-state index contributed by atoms with van der Waals surface area (Å²) in [7, 11) is 0. The molecule has 0 aliphatic carbocycles. The largest absolute Gasteiger partial charge is 0.478 e. The molecule has 0 heterocycles. The molecule has 0 radical (unpaired) electrons. The molecule has 1 N–H and O–H groups in total. The third-order valence-corrected chi connectivity index (χ3v) is 3.85. The van der Waals surface area contributed by atoms with Crippen LogP contribution in [0.2, 0.25) is 5.02 Å². The van der Waals surface area contributed by atoms with E-state index in [0.717, 1.165) is 15.0 Å². The Labute approximate surface area is 103 Å². The molecule has 0 aliphatic rings. The lowest BCUT2D eigenvalue weighted by Gasteiger charge is -2.03. The molecule has 1 aromatic carbocycles. The molecule has 14 heavy (non-hydrogen) atoms. The van der Waals surface area contributed by atoms with Crippen molar-refractivity contribution in [2.24, 2.45) is 0 Å². The summed E-state index contributed by atoms with van der Waals surface area (Å²) in [5.74, 6) is -1.01. The number of halogens is 3. The first-order chi connectivity index (χ1) is 6.52. The van der Waals surface area contributed by atoms with E-state index in [4.69, 9.17) is 16.7 Å². The lowest BCUT2D eigenvalue weighted by Crippen LogP contribution is -1.87. The topological polar surface area (TPSA) is 37.3 Å². The summed E-state index contributed by atoms with van der Waals surface area (Å²) in [6, 6.07) is 3.47. The van der Waals surface area contributed by atoms with Crippen LogP contribution in [0.25, 0.3) is 6.08 Å². The van der Waals surface area contributed by atoms with E-state index in [0.29, 0.717) is 10.6 Å². The molecule has 0 spiro atoms. The molecule has 0 fully saturated rings. The first-order valence-electron chi connectivity index (χ1n) is 3.57. The Morgan fingerprint density at radius 1 is 1.43 bits per heavy atom. The van der Waals surface area contributed by atoms with Crippen LogP contribution < -0.4 is 0 Å². The van der Waals surface area contributed by atoms with Crippen molar-refractivity contribution in [1.29, 1.82) is 0 Å². The van der Waals surface area contributed by atoms with Gasteiger partial charge in [-0.3, -0.25) is 0 Å². The summed E-state index contributed by atoms with van der Waals surface area (Å²) in [5.41, 5.74) is 0.642. The van der Waals surface area contributed by atoms with Crippen molar-refractivity contribution in [2.45, 2.75) is 0 Å². The molecule has 0 aliphatic heterocycles. The maximum absolute atomic E-state index is 10.3. The SMILES string of the molecule is O=C(O)/C=C/c1c(Cl)ccc(Br)c1Br. The Bertz CT molecular complexity index is 402. The van der Waals surface area contributed by atoms with Crippen LogP contribution in [0.1, 0.15) is 5.56 Å². The van der Waals surface area contributed by atoms with Crippen LogP contribution in [0.15, 0.2) is 27.2 Å². The number of carboxylic acid groups (broad SMARTS) is 1. The zero-order valence-corrected chi connectivity index (χ0v) is 10.7. The monoisotopic (exact) mass is 338 g/mol. The van der Waals surface area contributed by atoms with Crippen LogP contribution in [-0.4, -0.2) is 11.1 Å². The van der Waals surface area contributed by atoms with Crippen LogP contribution in [0.5, 0.6) is 0 Å². The molecular weight excluding hydrogens is 335 g/mol. The predicted molar refractivity (Wildman–Crippen MR) is 63.5 cm³/mol. The first kappa shape index (κ1) is 11.8. The van der Waals surface area contributed by atoms with Crippen LogP contribution in [-0.2, 0) is 4.79 Å². The summed E-state index contributed by atoms with van der Waals surface area (Å²) < 4.78 is 1.56. The minimum atomic E-state index is -1.01. The fourth-order valence-electron chi connectivity index (χ4n) is 0.850. The van der Waals surface area contributed by atoms with Gasteiger partial charge >= 0.3 is 5.97 Å². The molecule has 0 atom stereocenters. The van der Waals surface area contributed by atoms with Crippen molar-refractivity contribution < 1.29 is 9.90 Å². The summed E-state index contributed by atoms with van der Waals surface area (Å²) in [6.07, 6.45) is 2.48. The van der Waals surface area contributed by atoms with E-state index in [1.807, 2.05) is 0 Å². The van der Waals surface area contributed by atoms with E-state index in [9.17, 15) is 4.79 Å². The molecule has 0 bridgehead atoms. The molecule has 2 nitrogen and oxygen atoms in total. The van der Waals surface area contributed by atoms with E-state index in [1.165, 1.54) is 6.08 Å². The highest BCUT2D eigenvalue weighted by Crippen LogP contribution is 2.32. The molecule has 74 valence electrons. The van der Waals surface area contributed by atoms with Gasteiger partial charge in [0.1, 0.15) is 0 Å². The van der Waals surface area contributed by atoms with Gasteiger partial charge in [0.2, 0.25) is 0 Å². The zero-order chi connectivity index (χ0) is 10.7. The molecule has 0 aromatic heterocycles. The lowest BCUT2D eigenvalue weighted by molar-refractivity contribution is -0.131. The van der Waals surface area contributed by atoms with E-state index in [2.05, 4.69) is 31.9 Å². The number of hydrogen-bond donors (Lipinski definition) is 1. The van der Waals surface area contributed by atoms with E-state index in [1.54, 1.807) is 12.1 Å². The molecule has 0 saturated carbocycles. The van der Waals surface area contributed by atoms with Gasteiger partial charge < -0.3 is 5.11 Å². The van der Waals surface area contributed by atoms with Crippen molar-refractivity contribution in [1.82, 2.24) is 0 Å². The van der Waals surface area contributed by atoms with Crippen molar-refractivity contribution >= 4 is 55.5 Å². The molecule has 0 amide bonds. The molecule has 1 rings (SSSR count). The van der Waals surface area contributed by atoms with Gasteiger partial charge in [0, 0.05) is 25.6 Å². The highest BCUT2D eigenvalue weighted by molar-refractivity contribution is 9.13. The van der Waals surface area contributed by atoms with Gasteiger partial charge in [-0.15, -0.1) is 0 Å². The van der Waals surface area contributed by atoms with Gasteiger partial charge in [-0.1, -0.05) is 11.6 Å². The number of hydrogen-bond acceptors (Lipinski definition) is 1. The Kier molecular flexibility index (Phi) is 4.16. The fourth-order valence-corrected chi connectivity index (χ4v) is 2.01. The number of carbonyl (C=O) groups is 1. The van der Waals surface area contributed by atoms with Crippen molar-refractivity contribution in [3.63, 3.8) is 0 Å². The third kappa shape index (κ3) is 2.83. The Morgan fingerprint density at radius 3 is 2.64 bits per heavy atom. The summed E-state index contributed by atoms with van der Waals surface area (Å²) >= 11 is 12.5. The molecule has 5 heteroatoms. The van der Waals surface area contributed by atoms with Crippen molar-refractivity contribution in [3.8, 4) is 0 Å². The molecule has 0 unspecified atom stereocenters. The van der Waals surface area contributed by atoms with Crippen LogP contribution >= 0.6 is 43.5 Å². The number of aliphatic carboxylic acids is 1. The third-order valence-electron chi connectivity index (χ3n) is 1.47. The Morgan fingerprint density at radius 2 is 2.07 bits per heavy atom. The highest BCUT2D eigenvalue weighted by atomic mass is 79.9. The second-order valence-corrected chi connectivity index (χ2v) is 4.48. The average molecular weight is 340 g/mol. The van der Waals surface area contributed by atoms with Gasteiger partial charge in [0.05, 0.1) is 0 Å². The maximum atomic E-state index is 10.3. The summed E-state index contributed by atoms with van der Waals surface area (Å²) in [5, 5.41) is 8.97. The second-order valence-electron chi connectivity index (χ2n) is 2.43. The quantitative estimate of drug-likeness (QED) is 0.653. The second kappa shape index (κ2) is 4.96. The van der Waals surface area contributed by atoms with Crippen molar-refractivity contribution in [2.75, 3.05) is 0 Å². The van der Waals surface area contributed by atoms with Gasteiger partial charge in [-0.05, 0) is 50.1 Å². The minimum absolute atomic E-state index is 0.498. The van der Waals surface area contributed by atoms with Crippen molar-refractivity contribution in [3.05, 3.63) is 37.7 Å². The zero-order valence-electron chi connectivity index (χ0n) is 6.80. The first-order valence-corrected chi connectivity index (χ1v) is 5.53. The Balaban J connectivity index is 3.19. The molecular formula is C9H5Br2ClO2. The van der Waals surface area contributed by atoms with Gasteiger partial charge in [0.25, 0.3) is 0 Å². The number of rotatable bonds is 2. The van der Waals surface area contributed by atoms with Crippen LogP contribution in [0.4, 0.5) is 0 Å². The van der Waals surface area contributed by atoms with Gasteiger partial charge in [0.15, 0.2) is 0 Å². The average Bonchev–Trinajstić information content (AvgIpc) is 2.11. The van der Waals surface area contributed by atoms with Crippen LogP contribution in [0.3, 0.4) is 0 Å². The lowest BCUT2D eigenvalue weighted by atomic mass is 10.2. The number of benzene rings is 1. The van der Waals surface area contributed by atoms with Gasteiger partial charge in [-0.25, -0.2) is 4.79 Å². The standard InChI is InChI=1S/C9H5Br2ClO2/c10-6-2-3-7(12)5(9(6)11)1-4-8(13)14/h1-4H,(H,13,14)/b4-1+. The van der Waals surface area contributed by atoms with E-state index < -0.39 is 5.97 Å². The summed E-state index contributed by atoms with van der Waals surface area (Å²) in [6.45, 7) is 0. The van der Waals surface area contributed by atoms with Crippen LogP contribution in [0, 0.1) is 0 Å². The minimum Gasteiger partial charge on any atom is -0.478 e. The fraction of sp³-hybridized carbons (Fsp3) is 0. The smallest absolute Gasteiger partial charge is 0.328 e. The molecule has 1 aromatic rings. The van der Waals surface area contributed by atoms with E-state index in [-0.39, 0.29) is 0 Å².